The van der Waals surface area contributed by atoms with Gasteiger partial charge in [-0.3, -0.25) is 0 Å². The van der Waals surface area contributed by atoms with Gasteiger partial charge in [0.1, 0.15) is 0 Å². The molecule has 0 N–H and O–H groups in total. The van der Waals surface area contributed by atoms with Crippen LogP contribution in [0.5, 0.6) is 0 Å². The van der Waals surface area contributed by atoms with Gasteiger partial charge < -0.3 is 5.48 Å². The third kappa shape index (κ3) is 9.65. The zero-order chi connectivity index (χ0) is 0. The van der Waals surface area contributed by atoms with Crippen molar-refractivity contribution in [2.75, 3.05) is 0 Å². The fraction of sp³-hybridized carbons (Fsp3) is 0. The standard InChI is InChI=1S/Al.Co.Cr.O/q;+2;;-2. The molecule has 0 rings (SSSR count). The molecule has 0 unspecified atom stereocenters. The van der Waals surface area contributed by atoms with Gasteiger partial charge in [0.25, 0.3) is 0 Å². The van der Waals surface area contributed by atoms with Crippen LogP contribution >= 0.6 is 0 Å². The molecule has 0 atom stereocenters. The van der Waals surface area contributed by atoms with Crippen LogP contribution in [0.25, 0.3) is 0 Å². The van der Waals surface area contributed by atoms with Gasteiger partial charge in [0.05, 0.1) is 0 Å². The van der Waals surface area contributed by atoms with E-state index in [-0.39, 0.29) is 57.0 Å². The summed E-state index contributed by atoms with van der Waals surface area (Å²) in [5.41, 5.74) is 0. The average molecular weight is 154 g/mol. The van der Waals surface area contributed by atoms with Gasteiger partial charge in [-0.15, -0.1) is 0 Å². The molecule has 0 fully saturated rings. The van der Waals surface area contributed by atoms with Gasteiger partial charge in [-0.2, -0.15) is 0 Å². The average Bonchev–Trinajstić information content (AvgIpc) is 0. The number of hydrogen-bond acceptors (Lipinski definition) is 0. The van der Waals surface area contributed by atoms with Gasteiger partial charge in [-0.1, -0.05) is 0 Å². The molecule has 0 heterocycles. The molecule has 0 aromatic heterocycles. The monoisotopic (exact) mass is 154 g/mol. The van der Waals surface area contributed by atoms with Crippen LogP contribution in [-0.2, 0) is 39.6 Å². The van der Waals surface area contributed by atoms with Crippen LogP contribution in [0.4, 0.5) is 0 Å². The Kier molecular flexibility index (Phi) is 292. The van der Waals surface area contributed by atoms with Crippen LogP contribution in [0.15, 0.2) is 0 Å². The SMILES string of the molecule is [Al].[Co+2].[Cr].[O-2]. The Bertz CT molecular complexity index is 8.00. The van der Waals surface area contributed by atoms with Crippen molar-refractivity contribution < 1.29 is 39.6 Å². The summed E-state index contributed by atoms with van der Waals surface area (Å²) in [4.78, 5) is 0. The Morgan fingerprint density at radius 3 is 1.00 bits per heavy atom. The van der Waals surface area contributed by atoms with E-state index in [9.17, 15) is 0 Å². The third-order valence-electron chi connectivity index (χ3n) is 0. The molecule has 24 valence electrons. The molecule has 1 nitrogen and oxygen atoms in total. The van der Waals surface area contributed by atoms with Crippen molar-refractivity contribution in [1.82, 2.24) is 0 Å². The summed E-state index contributed by atoms with van der Waals surface area (Å²) in [6, 6.07) is 0. The maximum atomic E-state index is 0. The van der Waals surface area contributed by atoms with E-state index in [0.29, 0.717) is 0 Å². The molecular weight excluding hydrogens is 154 g/mol. The summed E-state index contributed by atoms with van der Waals surface area (Å²) >= 11 is 0. The third-order valence-corrected chi connectivity index (χ3v) is 0. The van der Waals surface area contributed by atoms with E-state index in [4.69, 9.17) is 0 Å². The molecule has 0 aliphatic carbocycles. The van der Waals surface area contributed by atoms with E-state index < -0.39 is 0 Å². The summed E-state index contributed by atoms with van der Waals surface area (Å²) in [6.45, 7) is 0. The molecule has 0 aliphatic heterocycles. The molecule has 0 amide bonds. The normalized spacial score (nSPS) is 0. The first-order valence-corrected chi connectivity index (χ1v) is 0. The maximum absolute atomic E-state index is 0. The van der Waals surface area contributed by atoms with Crippen molar-refractivity contribution in [1.29, 1.82) is 0 Å². The second kappa shape index (κ2) is 24.1. The molecule has 4 heavy (non-hydrogen) atoms. The smallest absolute Gasteiger partial charge is 2.00 e. The van der Waals surface area contributed by atoms with E-state index in [0.717, 1.165) is 0 Å². The Balaban J connectivity index is 0. The Labute approximate surface area is 56.9 Å². The zero-order valence-electron chi connectivity index (χ0n) is 1.73. The van der Waals surface area contributed by atoms with Crippen molar-refractivity contribution in [3.05, 3.63) is 0 Å². The Morgan fingerprint density at radius 1 is 1.00 bits per heavy atom. The second-order valence-electron chi connectivity index (χ2n) is 0. The number of hydrogen-bond donors (Lipinski definition) is 0. The van der Waals surface area contributed by atoms with Crippen molar-refractivity contribution in [3.63, 3.8) is 0 Å². The van der Waals surface area contributed by atoms with Crippen molar-refractivity contribution >= 4 is 17.4 Å². The molecule has 4 heteroatoms. The minimum absolute atomic E-state index is 0. The van der Waals surface area contributed by atoms with Gasteiger partial charge in [0, 0.05) is 34.7 Å². The maximum Gasteiger partial charge on any atom is 2.00 e. The first-order valence-electron chi connectivity index (χ1n) is 0. The summed E-state index contributed by atoms with van der Waals surface area (Å²) in [7, 11) is 0. The molecule has 4 radical (unpaired) electrons. The Morgan fingerprint density at radius 2 is 1.00 bits per heavy atom. The van der Waals surface area contributed by atoms with Gasteiger partial charge >= 0.3 is 16.8 Å². The quantitative estimate of drug-likeness (QED) is 0.420. The van der Waals surface area contributed by atoms with Gasteiger partial charge in [-0.05, 0) is 0 Å². The van der Waals surface area contributed by atoms with Crippen LogP contribution in [-0.4, -0.2) is 17.4 Å². The van der Waals surface area contributed by atoms with E-state index in [2.05, 4.69) is 0 Å². The molecule has 0 saturated carbocycles. The molecule has 0 aliphatic rings. The molecule has 0 spiro atoms. The fourth-order valence-corrected chi connectivity index (χ4v) is 0. The van der Waals surface area contributed by atoms with E-state index >= 15 is 0 Å². The van der Waals surface area contributed by atoms with Crippen molar-refractivity contribution in [2.45, 2.75) is 0 Å². The summed E-state index contributed by atoms with van der Waals surface area (Å²) < 4.78 is 0. The topological polar surface area (TPSA) is 28.5 Å². The van der Waals surface area contributed by atoms with Crippen LogP contribution in [0.1, 0.15) is 0 Å². The largest absolute Gasteiger partial charge is 2.00 e. The molecule has 0 aromatic rings. The van der Waals surface area contributed by atoms with Crippen molar-refractivity contribution in [2.24, 2.45) is 0 Å². The minimum Gasteiger partial charge on any atom is -2.00 e. The van der Waals surface area contributed by atoms with Gasteiger partial charge in [0.2, 0.25) is 0 Å². The second-order valence-corrected chi connectivity index (χ2v) is 0. The molecule has 0 bridgehead atoms. The predicted molar refractivity (Wildman–Crippen MR) is 6.44 cm³/mol. The Hall–Kier alpha value is 1.53. The van der Waals surface area contributed by atoms with Crippen LogP contribution < -0.4 is 0 Å². The molecule has 0 aromatic carbocycles. The molecular formula is AlCoCrO. The van der Waals surface area contributed by atoms with Gasteiger partial charge in [-0.25, -0.2) is 0 Å². The summed E-state index contributed by atoms with van der Waals surface area (Å²) in [5, 5.41) is 0. The number of rotatable bonds is 0. The van der Waals surface area contributed by atoms with Crippen LogP contribution in [0.2, 0.25) is 0 Å². The minimum atomic E-state index is 0. The zero-order valence-corrected chi connectivity index (χ0v) is 5.20. The van der Waals surface area contributed by atoms with Crippen molar-refractivity contribution in [3.8, 4) is 0 Å². The predicted octanol–water partition coefficient (Wildman–Crippen LogP) is -0.505. The fourth-order valence-electron chi connectivity index (χ4n) is 0. The van der Waals surface area contributed by atoms with E-state index in [1.807, 2.05) is 0 Å². The molecule has 0 saturated heterocycles. The van der Waals surface area contributed by atoms with E-state index in [1.54, 1.807) is 0 Å². The van der Waals surface area contributed by atoms with Crippen LogP contribution in [0.3, 0.4) is 0 Å². The van der Waals surface area contributed by atoms with Crippen LogP contribution in [0, 0.1) is 0 Å². The summed E-state index contributed by atoms with van der Waals surface area (Å²) in [6.07, 6.45) is 0. The first kappa shape index (κ1) is 48.4. The first-order chi connectivity index (χ1) is 0. The summed E-state index contributed by atoms with van der Waals surface area (Å²) in [5.74, 6) is 0. The van der Waals surface area contributed by atoms with Gasteiger partial charge in [0.15, 0.2) is 0 Å². The van der Waals surface area contributed by atoms with E-state index in [1.165, 1.54) is 0 Å².